The second-order valence-corrected chi connectivity index (χ2v) is 11.3. The van der Waals surface area contributed by atoms with Gasteiger partial charge >= 0.3 is 0 Å². The van der Waals surface area contributed by atoms with Crippen molar-refractivity contribution in [3.8, 4) is 34.4 Å². The van der Waals surface area contributed by atoms with Gasteiger partial charge < -0.3 is 10.6 Å². The zero-order valence-corrected chi connectivity index (χ0v) is 23.8. The fourth-order valence-corrected chi connectivity index (χ4v) is 6.53. The average Bonchev–Trinajstić information content (AvgIpc) is 3.78. The van der Waals surface area contributed by atoms with Crippen LogP contribution in [0.2, 0.25) is 0 Å². The van der Waals surface area contributed by atoms with Crippen molar-refractivity contribution in [3.05, 3.63) is 109 Å². The number of nitrogens with zero attached hydrogens (tertiary/aromatic N) is 9. The van der Waals surface area contributed by atoms with Crippen molar-refractivity contribution in [1.29, 1.82) is 5.26 Å². The molecule has 2 aliphatic rings. The van der Waals surface area contributed by atoms with E-state index < -0.39 is 0 Å². The van der Waals surface area contributed by atoms with E-state index in [4.69, 9.17) is 15.7 Å². The summed E-state index contributed by atoms with van der Waals surface area (Å²) < 4.78 is 2.08. The number of piperazine rings is 1. The summed E-state index contributed by atoms with van der Waals surface area (Å²) in [6.07, 6.45) is 4.45. The summed E-state index contributed by atoms with van der Waals surface area (Å²) in [5.74, 6) is 2.19. The summed E-state index contributed by atoms with van der Waals surface area (Å²) in [5, 5.41) is 9.20. The first-order valence-electron chi connectivity index (χ1n) is 14.6. The van der Waals surface area contributed by atoms with Gasteiger partial charge in [0.2, 0.25) is 5.82 Å². The molecule has 0 aliphatic carbocycles. The second kappa shape index (κ2) is 10.6. The lowest BCUT2D eigenvalue weighted by Crippen LogP contribution is -2.46. The first kappa shape index (κ1) is 26.0. The molecule has 2 N–H and O–H groups in total. The van der Waals surface area contributed by atoms with Gasteiger partial charge in [0.1, 0.15) is 23.2 Å². The van der Waals surface area contributed by atoms with Crippen LogP contribution in [0.3, 0.4) is 0 Å². The number of likely N-dealkylation sites (tertiary alicyclic amines) is 1. The molecule has 214 valence electrons. The molecule has 0 radical (unpaired) electrons. The topological polar surface area (TPSA) is 126 Å². The summed E-state index contributed by atoms with van der Waals surface area (Å²) in [4.78, 5) is 27.7. The van der Waals surface area contributed by atoms with Crippen LogP contribution in [0.4, 0.5) is 11.6 Å². The number of hydrogen-bond donors (Lipinski definition) is 1. The minimum Gasteiger partial charge on any atom is -0.383 e. The smallest absolute Gasteiger partial charge is 0.234 e. The molecule has 4 aromatic heterocycles. The van der Waals surface area contributed by atoms with Crippen molar-refractivity contribution in [2.75, 3.05) is 23.7 Å². The van der Waals surface area contributed by atoms with Crippen LogP contribution in [0.15, 0.2) is 97.3 Å². The lowest BCUT2D eigenvalue weighted by atomic mass is 10.1. The van der Waals surface area contributed by atoms with E-state index >= 15 is 0 Å². The second-order valence-electron chi connectivity index (χ2n) is 11.3. The highest BCUT2D eigenvalue weighted by atomic mass is 15.4. The lowest BCUT2D eigenvalue weighted by Gasteiger charge is -2.34. The summed E-state index contributed by atoms with van der Waals surface area (Å²) in [6.45, 7) is 2.73. The Morgan fingerprint density at radius 3 is 2.45 bits per heavy atom. The van der Waals surface area contributed by atoms with E-state index in [2.05, 4.69) is 65.7 Å². The first-order chi connectivity index (χ1) is 21.6. The molecule has 6 heterocycles. The van der Waals surface area contributed by atoms with E-state index in [0.717, 1.165) is 65.5 Å². The molecule has 2 saturated heterocycles. The van der Waals surface area contributed by atoms with Gasteiger partial charge in [0, 0.05) is 55.4 Å². The maximum atomic E-state index is 9.20. The van der Waals surface area contributed by atoms with Gasteiger partial charge in [-0.1, -0.05) is 42.5 Å². The van der Waals surface area contributed by atoms with Gasteiger partial charge in [0.05, 0.1) is 11.3 Å². The highest BCUT2D eigenvalue weighted by Crippen LogP contribution is 2.35. The van der Waals surface area contributed by atoms with Crippen LogP contribution in [-0.4, -0.2) is 59.6 Å². The molecular formula is C34H28N10. The molecule has 0 saturated carbocycles. The minimum atomic E-state index is 0.216. The van der Waals surface area contributed by atoms with Crippen LogP contribution in [0.1, 0.15) is 17.8 Å². The molecule has 0 unspecified atom stereocenters. The third-order valence-electron chi connectivity index (χ3n) is 8.62. The summed E-state index contributed by atoms with van der Waals surface area (Å²) in [5.41, 5.74) is 12.8. The number of pyridine rings is 2. The Hall–Kier alpha value is -5.66. The van der Waals surface area contributed by atoms with Gasteiger partial charge in [-0.25, -0.2) is 24.9 Å². The fourth-order valence-electron chi connectivity index (χ4n) is 6.53. The van der Waals surface area contributed by atoms with Crippen LogP contribution < -0.4 is 10.6 Å². The minimum absolute atomic E-state index is 0.216. The number of imidazole rings is 1. The quantitative estimate of drug-likeness (QED) is 0.296. The van der Waals surface area contributed by atoms with Gasteiger partial charge in [-0.2, -0.15) is 5.26 Å². The number of rotatable bonds is 6. The number of fused-ring (bicyclic) bond motifs is 3. The molecule has 2 bridgehead atoms. The molecule has 10 heteroatoms. The number of nitriles is 1. The first-order valence-corrected chi connectivity index (χ1v) is 14.6. The molecule has 2 atom stereocenters. The maximum Gasteiger partial charge on any atom is 0.234 e. The van der Waals surface area contributed by atoms with Crippen molar-refractivity contribution < 1.29 is 0 Å². The van der Waals surface area contributed by atoms with Gasteiger partial charge in [0.25, 0.3) is 0 Å². The Morgan fingerprint density at radius 1 is 0.818 bits per heavy atom. The van der Waals surface area contributed by atoms with Crippen molar-refractivity contribution in [3.63, 3.8) is 0 Å². The predicted octanol–water partition coefficient (Wildman–Crippen LogP) is 4.86. The number of hydrogen-bond acceptors (Lipinski definition) is 9. The van der Waals surface area contributed by atoms with E-state index in [-0.39, 0.29) is 5.82 Å². The lowest BCUT2D eigenvalue weighted by molar-refractivity contribution is 0.230. The van der Waals surface area contributed by atoms with Crippen molar-refractivity contribution >= 4 is 22.8 Å². The molecule has 2 aromatic carbocycles. The largest absolute Gasteiger partial charge is 0.383 e. The van der Waals surface area contributed by atoms with Crippen molar-refractivity contribution in [2.45, 2.75) is 25.0 Å². The number of nitrogen functional groups attached to an aromatic ring is 1. The molecule has 6 aromatic rings. The van der Waals surface area contributed by atoms with Crippen molar-refractivity contribution in [2.24, 2.45) is 0 Å². The predicted molar refractivity (Wildman–Crippen MR) is 169 cm³/mol. The molecule has 2 aliphatic heterocycles. The molecule has 8 rings (SSSR count). The van der Waals surface area contributed by atoms with Gasteiger partial charge in [-0.05, 0) is 54.4 Å². The van der Waals surface area contributed by atoms with Crippen LogP contribution in [0.5, 0.6) is 0 Å². The number of aromatic nitrogens is 6. The monoisotopic (exact) mass is 576 g/mol. The van der Waals surface area contributed by atoms with Crippen LogP contribution >= 0.6 is 0 Å². The highest BCUT2D eigenvalue weighted by molar-refractivity contribution is 5.84. The zero-order chi connectivity index (χ0) is 29.6. The summed E-state index contributed by atoms with van der Waals surface area (Å²) in [6, 6.07) is 31.4. The summed E-state index contributed by atoms with van der Waals surface area (Å²) >= 11 is 0. The average molecular weight is 577 g/mol. The number of nitrogens with two attached hydrogens (primary N) is 1. The van der Waals surface area contributed by atoms with E-state index in [1.807, 2.05) is 54.6 Å². The van der Waals surface area contributed by atoms with E-state index in [9.17, 15) is 5.26 Å². The Labute approximate surface area is 254 Å². The zero-order valence-electron chi connectivity index (χ0n) is 23.8. The maximum absolute atomic E-state index is 9.20. The third-order valence-corrected chi connectivity index (χ3v) is 8.62. The Bertz CT molecular complexity index is 2030. The highest BCUT2D eigenvalue weighted by Gasteiger charge is 2.43. The third kappa shape index (κ3) is 4.51. The van der Waals surface area contributed by atoms with Crippen LogP contribution in [0, 0.1) is 11.3 Å². The number of anilines is 2. The van der Waals surface area contributed by atoms with Crippen LogP contribution in [0.25, 0.3) is 39.5 Å². The van der Waals surface area contributed by atoms with Crippen molar-refractivity contribution in [1.82, 2.24) is 34.4 Å². The Kier molecular flexibility index (Phi) is 6.24. The Balaban J connectivity index is 1.09. The Morgan fingerprint density at radius 2 is 1.68 bits per heavy atom. The number of benzene rings is 2. The van der Waals surface area contributed by atoms with E-state index in [1.54, 1.807) is 12.4 Å². The van der Waals surface area contributed by atoms with Crippen LogP contribution in [-0.2, 0) is 6.54 Å². The van der Waals surface area contributed by atoms with Gasteiger partial charge in [-0.3, -0.25) is 9.47 Å². The fraction of sp³-hybridized carbons (Fsp3) is 0.176. The molecule has 2 fully saturated rings. The molecular weight excluding hydrogens is 548 g/mol. The van der Waals surface area contributed by atoms with Gasteiger partial charge in [0.15, 0.2) is 11.5 Å². The molecule has 44 heavy (non-hydrogen) atoms. The normalized spacial score (nSPS) is 17.8. The SMILES string of the molecule is N#Cc1nccc(N2C[C@H]3C[C@@H]2CN3Cc2ccc(-n3c(-c4cccnc4N)nc4ccc(-c5ccccc5)nc43)cc2)n1. The standard InChI is InChI=1S/C34H28N10/c35-18-30-37-16-14-31(41-30)43-21-25-17-26(43)20-42(25)19-22-8-10-24(11-9-22)44-33(27-7-4-15-38-32(27)36)40-29-13-12-28(39-34(29)44)23-5-2-1-3-6-23/h1-16,25-26H,17,19-21H2,(H2,36,38)/t25-,26-/m1/s1. The van der Waals surface area contributed by atoms with E-state index in [1.165, 1.54) is 5.56 Å². The summed E-state index contributed by atoms with van der Waals surface area (Å²) in [7, 11) is 0. The van der Waals surface area contributed by atoms with E-state index in [0.29, 0.717) is 23.7 Å². The molecule has 10 nitrogen and oxygen atoms in total. The molecule has 0 amide bonds. The molecule has 0 spiro atoms. The van der Waals surface area contributed by atoms with Gasteiger partial charge in [-0.15, -0.1) is 0 Å².